The fourth-order valence-electron chi connectivity index (χ4n) is 1.94. The van der Waals surface area contributed by atoms with Crippen molar-refractivity contribution in [3.05, 3.63) is 47.3 Å². The van der Waals surface area contributed by atoms with Gasteiger partial charge in [0.05, 0.1) is 0 Å². The van der Waals surface area contributed by atoms with Crippen molar-refractivity contribution < 1.29 is 13.6 Å². The van der Waals surface area contributed by atoms with E-state index in [9.17, 15) is 13.6 Å². The molecule has 0 aliphatic rings. The summed E-state index contributed by atoms with van der Waals surface area (Å²) in [7, 11) is 3.15. The van der Waals surface area contributed by atoms with E-state index in [4.69, 9.17) is 5.73 Å². The number of amides is 1. The van der Waals surface area contributed by atoms with Gasteiger partial charge in [-0.15, -0.1) is 0 Å². The normalized spacial score (nSPS) is 10.7. The third kappa shape index (κ3) is 3.08. The first-order valence-electron chi connectivity index (χ1n) is 6.39. The summed E-state index contributed by atoms with van der Waals surface area (Å²) in [5, 5.41) is 3.92. The second-order valence-electron chi connectivity index (χ2n) is 4.79. The van der Waals surface area contributed by atoms with E-state index in [1.807, 2.05) is 0 Å². The Kier molecular flexibility index (Phi) is 4.32. The van der Waals surface area contributed by atoms with Crippen LogP contribution in [0.5, 0.6) is 0 Å². The smallest absolute Gasteiger partial charge is 0.273 e. The average molecular weight is 294 g/mol. The van der Waals surface area contributed by atoms with Crippen LogP contribution < -0.4 is 5.73 Å². The maximum Gasteiger partial charge on any atom is 0.273 e. The molecule has 1 aromatic carbocycles. The zero-order valence-corrected chi connectivity index (χ0v) is 11.8. The first-order valence-corrected chi connectivity index (χ1v) is 6.39. The number of rotatable bonds is 4. The van der Waals surface area contributed by atoms with E-state index < -0.39 is 11.6 Å². The summed E-state index contributed by atoms with van der Waals surface area (Å²) in [5.74, 6) is -1.83. The van der Waals surface area contributed by atoms with E-state index in [1.54, 1.807) is 14.1 Å². The molecule has 2 rings (SSSR count). The van der Waals surface area contributed by atoms with Gasteiger partial charge in [-0.2, -0.15) is 5.10 Å². The first-order chi connectivity index (χ1) is 9.93. The summed E-state index contributed by atoms with van der Waals surface area (Å²) >= 11 is 0. The van der Waals surface area contributed by atoms with E-state index >= 15 is 0 Å². The van der Waals surface area contributed by atoms with Gasteiger partial charge in [-0.05, 0) is 36.7 Å². The van der Waals surface area contributed by atoms with Crippen molar-refractivity contribution in [3.8, 4) is 5.69 Å². The van der Waals surface area contributed by atoms with Crippen molar-refractivity contribution in [1.29, 1.82) is 0 Å². The minimum absolute atomic E-state index is 0.116. The van der Waals surface area contributed by atoms with Gasteiger partial charge in [0.1, 0.15) is 5.69 Å². The molecular weight excluding hydrogens is 278 g/mol. The maximum atomic E-state index is 14.1. The molecule has 7 heteroatoms. The largest absolute Gasteiger partial charge is 0.343 e. The highest BCUT2D eigenvalue weighted by Crippen LogP contribution is 2.20. The van der Waals surface area contributed by atoms with E-state index in [0.717, 1.165) is 4.68 Å². The molecule has 1 amide bonds. The molecule has 1 heterocycles. The predicted molar refractivity (Wildman–Crippen MR) is 74.3 cm³/mol. The zero-order chi connectivity index (χ0) is 15.6. The molecular formula is C14H16F2N4O. The Hall–Kier alpha value is -2.28. The number of carbonyl (C=O) groups excluding carboxylic acids is 1. The molecule has 0 unspecified atom stereocenters. The van der Waals surface area contributed by atoms with E-state index in [2.05, 4.69) is 5.10 Å². The van der Waals surface area contributed by atoms with Crippen molar-refractivity contribution in [3.63, 3.8) is 0 Å². The number of hydrogen-bond donors (Lipinski definition) is 1. The van der Waals surface area contributed by atoms with Crippen LogP contribution in [0.1, 0.15) is 16.1 Å². The molecule has 21 heavy (non-hydrogen) atoms. The lowest BCUT2D eigenvalue weighted by Crippen LogP contribution is -2.22. The molecule has 0 radical (unpaired) electrons. The van der Waals surface area contributed by atoms with Gasteiger partial charge >= 0.3 is 0 Å². The second kappa shape index (κ2) is 6.01. The molecule has 0 aliphatic carbocycles. The Bertz CT molecular complexity index is 644. The summed E-state index contributed by atoms with van der Waals surface area (Å²) in [6, 6.07) is 3.86. The molecule has 0 aliphatic heterocycles. The third-order valence-electron chi connectivity index (χ3n) is 2.95. The van der Waals surface area contributed by atoms with Gasteiger partial charge < -0.3 is 10.6 Å². The van der Waals surface area contributed by atoms with Gasteiger partial charge in [0.2, 0.25) is 0 Å². The van der Waals surface area contributed by atoms with Crippen LogP contribution >= 0.6 is 0 Å². The van der Waals surface area contributed by atoms with Crippen LogP contribution in [0.25, 0.3) is 5.69 Å². The SMILES string of the molecule is CN(C)C(=O)c1ccn(-c2c(F)cc(CCN)cc2F)n1. The summed E-state index contributed by atoms with van der Waals surface area (Å²) in [6.45, 7) is 0.307. The van der Waals surface area contributed by atoms with Gasteiger partial charge in [-0.1, -0.05) is 0 Å². The number of nitrogens with zero attached hydrogens (tertiary/aromatic N) is 3. The Morgan fingerprint density at radius 1 is 1.33 bits per heavy atom. The molecule has 5 nitrogen and oxygen atoms in total. The van der Waals surface area contributed by atoms with Crippen molar-refractivity contribution in [2.24, 2.45) is 5.73 Å². The lowest BCUT2D eigenvalue weighted by atomic mass is 10.1. The zero-order valence-electron chi connectivity index (χ0n) is 11.8. The summed E-state index contributed by atoms with van der Waals surface area (Å²) in [5.41, 5.74) is 5.65. The van der Waals surface area contributed by atoms with Crippen LogP contribution in [-0.4, -0.2) is 41.2 Å². The third-order valence-corrected chi connectivity index (χ3v) is 2.95. The second-order valence-corrected chi connectivity index (χ2v) is 4.79. The summed E-state index contributed by atoms with van der Waals surface area (Å²) in [4.78, 5) is 13.1. The monoisotopic (exact) mass is 294 g/mol. The Morgan fingerprint density at radius 3 is 2.48 bits per heavy atom. The maximum absolute atomic E-state index is 14.1. The molecule has 0 atom stereocenters. The summed E-state index contributed by atoms with van der Waals surface area (Å²) in [6.07, 6.45) is 1.73. The molecule has 0 fully saturated rings. The van der Waals surface area contributed by atoms with Crippen LogP contribution in [0.15, 0.2) is 24.4 Å². The number of aromatic nitrogens is 2. The Morgan fingerprint density at radius 2 is 1.95 bits per heavy atom. The highest BCUT2D eigenvalue weighted by Gasteiger charge is 2.17. The number of hydrogen-bond acceptors (Lipinski definition) is 3. The van der Waals surface area contributed by atoms with Crippen molar-refractivity contribution in [2.45, 2.75) is 6.42 Å². The standard InChI is InChI=1S/C14H16F2N4O/c1-19(2)14(21)12-4-6-20(18-12)13-10(15)7-9(3-5-17)8-11(13)16/h4,6-8H,3,5,17H2,1-2H3. The van der Waals surface area contributed by atoms with Crippen molar-refractivity contribution in [1.82, 2.24) is 14.7 Å². The number of nitrogens with two attached hydrogens (primary N) is 1. The Balaban J connectivity index is 2.41. The van der Waals surface area contributed by atoms with Crippen LogP contribution in [0.2, 0.25) is 0 Å². The highest BCUT2D eigenvalue weighted by molar-refractivity contribution is 5.91. The summed E-state index contributed by atoms with van der Waals surface area (Å²) < 4.78 is 29.1. The highest BCUT2D eigenvalue weighted by atomic mass is 19.1. The van der Waals surface area contributed by atoms with Crippen LogP contribution in [-0.2, 0) is 6.42 Å². The van der Waals surface area contributed by atoms with E-state index in [-0.39, 0.29) is 17.3 Å². The van der Waals surface area contributed by atoms with Crippen LogP contribution in [0.4, 0.5) is 8.78 Å². The van der Waals surface area contributed by atoms with Crippen molar-refractivity contribution >= 4 is 5.91 Å². The lowest BCUT2D eigenvalue weighted by molar-refractivity contribution is 0.0821. The van der Waals surface area contributed by atoms with Crippen LogP contribution in [0.3, 0.4) is 0 Å². The van der Waals surface area contributed by atoms with Gasteiger partial charge in [0, 0.05) is 20.3 Å². The molecule has 2 N–H and O–H groups in total. The minimum Gasteiger partial charge on any atom is -0.343 e. The molecule has 0 bridgehead atoms. The Labute approximate surface area is 121 Å². The van der Waals surface area contributed by atoms with Crippen LogP contribution in [0, 0.1) is 11.6 Å². The van der Waals surface area contributed by atoms with E-state index in [0.29, 0.717) is 18.5 Å². The molecule has 0 spiro atoms. The molecule has 1 aromatic heterocycles. The van der Waals surface area contributed by atoms with Gasteiger partial charge in [0.15, 0.2) is 17.3 Å². The first kappa shape index (κ1) is 15.1. The van der Waals surface area contributed by atoms with Gasteiger partial charge in [-0.3, -0.25) is 4.79 Å². The number of benzene rings is 1. The molecule has 0 saturated carbocycles. The van der Waals surface area contributed by atoms with Crippen molar-refractivity contribution in [2.75, 3.05) is 20.6 Å². The molecule has 112 valence electrons. The molecule has 0 saturated heterocycles. The topological polar surface area (TPSA) is 64.2 Å². The predicted octanol–water partition coefficient (Wildman–Crippen LogP) is 1.35. The van der Waals surface area contributed by atoms with Gasteiger partial charge in [0.25, 0.3) is 5.91 Å². The van der Waals surface area contributed by atoms with E-state index in [1.165, 1.54) is 29.3 Å². The average Bonchev–Trinajstić information content (AvgIpc) is 2.86. The van der Waals surface area contributed by atoms with Gasteiger partial charge in [-0.25, -0.2) is 13.5 Å². The number of carbonyl (C=O) groups is 1. The molecule has 2 aromatic rings. The lowest BCUT2D eigenvalue weighted by Gasteiger charge is -2.09. The fourth-order valence-corrected chi connectivity index (χ4v) is 1.94. The number of halogens is 2. The minimum atomic E-state index is -0.745. The quantitative estimate of drug-likeness (QED) is 0.926. The fraction of sp³-hybridized carbons (Fsp3) is 0.286.